The molecule has 0 aromatic heterocycles. The summed E-state index contributed by atoms with van der Waals surface area (Å²) in [6.45, 7) is 5.96. The maximum Gasteiger partial charge on any atom is 0.0916 e. The summed E-state index contributed by atoms with van der Waals surface area (Å²) in [5.41, 5.74) is 0. The number of hydrogen-bond acceptors (Lipinski definition) is 4. The van der Waals surface area contributed by atoms with Crippen molar-refractivity contribution in [3.05, 3.63) is 4.91 Å². The fourth-order valence-corrected chi connectivity index (χ4v) is 1.27. The molecule has 0 aliphatic carbocycles. The first-order valence-corrected chi connectivity index (χ1v) is 4.72. The third-order valence-electron chi connectivity index (χ3n) is 1.79. The molecule has 0 rings (SSSR count). The molecule has 4 heteroatoms. The molecule has 0 saturated heterocycles. The van der Waals surface area contributed by atoms with Crippen LogP contribution in [0, 0.1) is 4.91 Å². The van der Waals surface area contributed by atoms with Gasteiger partial charge < -0.3 is 9.84 Å². The summed E-state index contributed by atoms with van der Waals surface area (Å²) in [5, 5.41) is 12.1. The van der Waals surface area contributed by atoms with Gasteiger partial charge in [-0.1, -0.05) is 5.18 Å². The Kier molecular flexibility index (Phi) is 6.72. The summed E-state index contributed by atoms with van der Waals surface area (Å²) in [6.07, 6.45) is 0.698. The Morgan fingerprint density at radius 3 is 2.38 bits per heavy atom. The van der Waals surface area contributed by atoms with Gasteiger partial charge in [0.05, 0.1) is 18.2 Å². The molecule has 0 amide bonds. The van der Waals surface area contributed by atoms with E-state index in [0.717, 1.165) is 0 Å². The molecule has 0 aliphatic heterocycles. The smallest absolute Gasteiger partial charge is 0.0916 e. The van der Waals surface area contributed by atoms with E-state index in [1.165, 1.54) is 0 Å². The van der Waals surface area contributed by atoms with Crippen LogP contribution in [-0.4, -0.2) is 30.0 Å². The van der Waals surface area contributed by atoms with Crippen LogP contribution in [0.4, 0.5) is 0 Å². The fourth-order valence-electron chi connectivity index (χ4n) is 1.27. The first-order chi connectivity index (χ1) is 6.10. The summed E-state index contributed by atoms with van der Waals surface area (Å²) in [5.74, 6) is 0. The summed E-state index contributed by atoms with van der Waals surface area (Å²) >= 11 is 0. The molecule has 78 valence electrons. The molecule has 13 heavy (non-hydrogen) atoms. The van der Waals surface area contributed by atoms with E-state index in [9.17, 15) is 4.91 Å². The molecule has 3 atom stereocenters. The molecule has 3 unspecified atom stereocenters. The van der Waals surface area contributed by atoms with Gasteiger partial charge in [0.15, 0.2) is 0 Å². The van der Waals surface area contributed by atoms with E-state index in [2.05, 4.69) is 5.18 Å². The Balaban J connectivity index is 3.85. The summed E-state index contributed by atoms with van der Waals surface area (Å²) in [7, 11) is 0. The van der Waals surface area contributed by atoms with Crippen molar-refractivity contribution >= 4 is 0 Å². The molecule has 0 heterocycles. The van der Waals surface area contributed by atoms with E-state index in [1.54, 1.807) is 13.8 Å². The van der Waals surface area contributed by atoms with Crippen molar-refractivity contribution < 1.29 is 9.84 Å². The van der Waals surface area contributed by atoms with Gasteiger partial charge in [-0.3, -0.25) is 0 Å². The first-order valence-electron chi connectivity index (χ1n) is 4.72. The number of hydrogen-bond donors (Lipinski definition) is 1. The molecule has 0 saturated carbocycles. The van der Waals surface area contributed by atoms with Gasteiger partial charge in [-0.15, -0.1) is 0 Å². The number of aliphatic hydroxyl groups excluding tert-OH is 1. The maximum absolute atomic E-state index is 10.2. The lowest BCUT2D eigenvalue weighted by Crippen LogP contribution is -2.22. The number of aliphatic hydroxyl groups is 1. The summed E-state index contributed by atoms with van der Waals surface area (Å²) in [6, 6.07) is -0.240. The highest BCUT2D eigenvalue weighted by molar-refractivity contribution is 4.69. The minimum atomic E-state index is -0.393. The van der Waals surface area contributed by atoms with Crippen molar-refractivity contribution in [3.63, 3.8) is 0 Å². The molecule has 0 fully saturated rings. The average molecular weight is 189 g/mol. The van der Waals surface area contributed by atoms with Crippen LogP contribution in [0.25, 0.3) is 0 Å². The average Bonchev–Trinajstić information content (AvgIpc) is 2.03. The van der Waals surface area contributed by atoms with Crippen LogP contribution in [0.1, 0.15) is 33.6 Å². The zero-order chi connectivity index (χ0) is 10.3. The van der Waals surface area contributed by atoms with Gasteiger partial charge in [0, 0.05) is 6.61 Å². The molecular weight excluding hydrogens is 170 g/mol. The molecule has 1 N–H and O–H groups in total. The van der Waals surface area contributed by atoms with E-state index < -0.39 is 6.10 Å². The van der Waals surface area contributed by atoms with E-state index in [0.29, 0.717) is 19.4 Å². The normalized spacial score (nSPS) is 17.8. The SMILES string of the molecule is CCOC(CC(C)O)CC(C)N=O. The molecule has 0 spiro atoms. The van der Waals surface area contributed by atoms with Crippen LogP contribution in [-0.2, 0) is 4.74 Å². The van der Waals surface area contributed by atoms with E-state index >= 15 is 0 Å². The number of nitroso groups, excluding NO2 is 1. The predicted octanol–water partition coefficient (Wildman–Crippen LogP) is 1.71. The zero-order valence-corrected chi connectivity index (χ0v) is 8.56. The number of rotatable bonds is 7. The molecule has 0 aromatic carbocycles. The van der Waals surface area contributed by atoms with Gasteiger partial charge in [0.2, 0.25) is 0 Å². The van der Waals surface area contributed by atoms with Crippen LogP contribution < -0.4 is 0 Å². The quantitative estimate of drug-likeness (QED) is 0.620. The van der Waals surface area contributed by atoms with Crippen molar-refractivity contribution in [1.82, 2.24) is 0 Å². The lowest BCUT2D eigenvalue weighted by Gasteiger charge is -2.19. The molecular formula is C9H19NO3. The molecule has 0 bridgehead atoms. The van der Waals surface area contributed by atoms with Crippen LogP contribution in [0.15, 0.2) is 5.18 Å². The minimum absolute atomic E-state index is 0.0577. The van der Waals surface area contributed by atoms with E-state index in [-0.39, 0.29) is 12.1 Å². The Labute approximate surface area is 79.3 Å². The summed E-state index contributed by atoms with van der Waals surface area (Å²) in [4.78, 5) is 10.2. The molecule has 0 aliphatic rings. The third kappa shape index (κ3) is 6.66. The minimum Gasteiger partial charge on any atom is -0.393 e. The monoisotopic (exact) mass is 189 g/mol. The van der Waals surface area contributed by atoms with Gasteiger partial charge >= 0.3 is 0 Å². The lowest BCUT2D eigenvalue weighted by molar-refractivity contribution is 0.0172. The van der Waals surface area contributed by atoms with Gasteiger partial charge in [0.1, 0.15) is 0 Å². The number of nitrogens with zero attached hydrogens (tertiary/aromatic N) is 1. The van der Waals surface area contributed by atoms with Crippen LogP contribution in [0.3, 0.4) is 0 Å². The molecule has 0 radical (unpaired) electrons. The topological polar surface area (TPSA) is 58.9 Å². The van der Waals surface area contributed by atoms with Crippen molar-refractivity contribution in [2.75, 3.05) is 6.61 Å². The molecule has 4 nitrogen and oxygen atoms in total. The second kappa shape index (κ2) is 6.97. The van der Waals surface area contributed by atoms with Crippen LogP contribution in [0.2, 0.25) is 0 Å². The Hall–Kier alpha value is -0.480. The van der Waals surface area contributed by atoms with E-state index in [1.807, 2.05) is 6.92 Å². The Bertz CT molecular complexity index is 139. The van der Waals surface area contributed by atoms with Gasteiger partial charge in [-0.05, 0) is 33.6 Å². The van der Waals surface area contributed by atoms with E-state index in [4.69, 9.17) is 9.84 Å². The Morgan fingerprint density at radius 1 is 1.38 bits per heavy atom. The maximum atomic E-state index is 10.2. The first kappa shape index (κ1) is 12.5. The van der Waals surface area contributed by atoms with Gasteiger partial charge in [-0.25, -0.2) is 0 Å². The van der Waals surface area contributed by atoms with Crippen LogP contribution in [0.5, 0.6) is 0 Å². The second-order valence-corrected chi connectivity index (χ2v) is 3.35. The summed E-state index contributed by atoms with van der Waals surface area (Å²) < 4.78 is 5.37. The van der Waals surface area contributed by atoms with Crippen molar-refractivity contribution in [2.24, 2.45) is 5.18 Å². The molecule has 0 aromatic rings. The predicted molar refractivity (Wildman–Crippen MR) is 51.6 cm³/mol. The fraction of sp³-hybridized carbons (Fsp3) is 1.00. The number of ether oxygens (including phenoxy) is 1. The van der Waals surface area contributed by atoms with Gasteiger partial charge in [-0.2, -0.15) is 4.91 Å². The van der Waals surface area contributed by atoms with Crippen molar-refractivity contribution in [2.45, 2.75) is 51.9 Å². The Morgan fingerprint density at radius 2 is 2.00 bits per heavy atom. The standard InChI is InChI=1S/C9H19NO3/c1-4-13-9(6-8(3)11)5-7(2)10-12/h7-9,11H,4-6H2,1-3H3. The largest absolute Gasteiger partial charge is 0.393 e. The van der Waals surface area contributed by atoms with Crippen LogP contribution >= 0.6 is 0 Å². The lowest BCUT2D eigenvalue weighted by atomic mass is 10.1. The van der Waals surface area contributed by atoms with Crippen molar-refractivity contribution in [1.29, 1.82) is 0 Å². The highest BCUT2D eigenvalue weighted by Crippen LogP contribution is 2.11. The van der Waals surface area contributed by atoms with Gasteiger partial charge in [0.25, 0.3) is 0 Å². The highest BCUT2D eigenvalue weighted by atomic mass is 16.5. The highest BCUT2D eigenvalue weighted by Gasteiger charge is 2.15. The van der Waals surface area contributed by atoms with Crippen molar-refractivity contribution in [3.8, 4) is 0 Å². The third-order valence-corrected chi connectivity index (χ3v) is 1.79. The second-order valence-electron chi connectivity index (χ2n) is 3.35. The zero-order valence-electron chi connectivity index (χ0n) is 8.56.